The number of amidine groups is 1. The van der Waals surface area contributed by atoms with Gasteiger partial charge in [-0.3, -0.25) is 9.69 Å². The molecule has 2 heterocycles. The summed E-state index contributed by atoms with van der Waals surface area (Å²) in [6.45, 7) is 0. The van der Waals surface area contributed by atoms with Crippen molar-refractivity contribution in [3.63, 3.8) is 0 Å². The summed E-state index contributed by atoms with van der Waals surface area (Å²) >= 11 is 12.0. The fraction of sp³-hybridized carbons (Fsp3) is 0. The number of halogens is 2. The summed E-state index contributed by atoms with van der Waals surface area (Å²) in [7, 11) is 0. The summed E-state index contributed by atoms with van der Waals surface area (Å²) in [6.07, 6.45) is 3.17. The second-order valence-electron chi connectivity index (χ2n) is 5.60. The van der Waals surface area contributed by atoms with Crippen LogP contribution < -0.4 is 4.90 Å². The first-order chi connectivity index (χ1) is 12.6. The predicted molar refractivity (Wildman–Crippen MR) is 104 cm³/mol. The number of anilines is 1. The van der Waals surface area contributed by atoms with Crippen molar-refractivity contribution in [1.29, 1.82) is 0 Å². The van der Waals surface area contributed by atoms with Gasteiger partial charge in [0.05, 0.1) is 12.0 Å². The summed E-state index contributed by atoms with van der Waals surface area (Å²) in [5, 5.41) is 1.21. The average molecular weight is 383 g/mol. The molecule has 0 bridgehead atoms. The van der Waals surface area contributed by atoms with Crippen LogP contribution in [0.3, 0.4) is 0 Å². The highest BCUT2D eigenvalue weighted by Gasteiger charge is 2.32. The average Bonchev–Trinajstić information content (AvgIpc) is 3.26. The number of amides is 1. The number of rotatable bonds is 3. The molecule has 1 aromatic heterocycles. The van der Waals surface area contributed by atoms with Gasteiger partial charge >= 0.3 is 0 Å². The molecule has 6 heteroatoms. The lowest BCUT2D eigenvalue weighted by molar-refractivity contribution is -0.113. The third-order valence-corrected chi connectivity index (χ3v) is 4.37. The van der Waals surface area contributed by atoms with Crippen molar-refractivity contribution in [2.45, 2.75) is 0 Å². The molecule has 0 spiro atoms. The van der Waals surface area contributed by atoms with Gasteiger partial charge in [-0.25, -0.2) is 4.99 Å². The smallest absolute Gasteiger partial charge is 0.282 e. The van der Waals surface area contributed by atoms with E-state index >= 15 is 0 Å². The summed E-state index contributed by atoms with van der Waals surface area (Å²) in [5.74, 6) is 0.839. The molecule has 1 aliphatic heterocycles. The fourth-order valence-electron chi connectivity index (χ4n) is 2.65. The Bertz CT molecular complexity index is 1000. The van der Waals surface area contributed by atoms with Crippen molar-refractivity contribution in [2.24, 2.45) is 4.99 Å². The Morgan fingerprint density at radius 3 is 2.19 bits per heavy atom. The molecule has 0 fully saturated rings. The quantitative estimate of drug-likeness (QED) is 0.567. The van der Waals surface area contributed by atoms with Crippen LogP contribution in [0, 0.1) is 0 Å². The Morgan fingerprint density at radius 1 is 0.923 bits per heavy atom. The lowest BCUT2D eigenvalue weighted by Crippen LogP contribution is -2.32. The van der Waals surface area contributed by atoms with Gasteiger partial charge in [0.2, 0.25) is 0 Å². The number of carbonyl (C=O) groups is 1. The van der Waals surface area contributed by atoms with Crippen LogP contribution in [0.15, 0.2) is 82.0 Å². The van der Waals surface area contributed by atoms with Crippen molar-refractivity contribution in [3.8, 4) is 0 Å². The van der Waals surface area contributed by atoms with Crippen LogP contribution in [0.1, 0.15) is 11.3 Å². The van der Waals surface area contributed by atoms with Gasteiger partial charge in [-0.2, -0.15) is 0 Å². The molecule has 4 rings (SSSR count). The Hall–Kier alpha value is -2.82. The third kappa shape index (κ3) is 3.17. The maximum Gasteiger partial charge on any atom is 0.282 e. The minimum atomic E-state index is -0.242. The van der Waals surface area contributed by atoms with Gasteiger partial charge in [0.15, 0.2) is 0 Å². The lowest BCUT2D eigenvalue weighted by atomic mass is 10.2. The molecule has 4 nitrogen and oxygen atoms in total. The first-order valence-corrected chi connectivity index (χ1v) is 8.57. The van der Waals surface area contributed by atoms with E-state index in [1.807, 2.05) is 12.1 Å². The number of carbonyl (C=O) groups excluding carboxylic acids is 1. The number of nitrogens with zero attached hydrogens (tertiary/aromatic N) is 2. The standard InChI is InChI=1S/C20H12Cl2N2O2/c21-14-5-3-13(4-6-14)19-23-18(12-17-2-1-11-26-17)20(25)24(19)16-9-7-15(22)8-10-16/h1-12H/b18-12+. The summed E-state index contributed by atoms with van der Waals surface area (Å²) in [5.41, 5.74) is 1.75. The molecule has 0 radical (unpaired) electrons. The van der Waals surface area contributed by atoms with Gasteiger partial charge in [-0.15, -0.1) is 0 Å². The first-order valence-electron chi connectivity index (χ1n) is 7.82. The van der Waals surface area contributed by atoms with Crippen molar-refractivity contribution in [1.82, 2.24) is 0 Å². The van der Waals surface area contributed by atoms with E-state index < -0.39 is 0 Å². The topological polar surface area (TPSA) is 45.8 Å². The Kier molecular flexibility index (Phi) is 4.37. The number of hydrogen-bond donors (Lipinski definition) is 0. The van der Waals surface area contributed by atoms with Crippen LogP contribution >= 0.6 is 23.2 Å². The minimum Gasteiger partial charge on any atom is -0.465 e. The van der Waals surface area contributed by atoms with Crippen LogP contribution in [0.2, 0.25) is 10.0 Å². The molecule has 3 aromatic rings. The van der Waals surface area contributed by atoms with E-state index in [0.717, 1.165) is 5.56 Å². The minimum absolute atomic E-state index is 0.242. The molecule has 0 unspecified atom stereocenters. The molecule has 1 aliphatic rings. The first kappa shape index (κ1) is 16.6. The summed E-state index contributed by atoms with van der Waals surface area (Å²) < 4.78 is 5.31. The highest BCUT2D eigenvalue weighted by Crippen LogP contribution is 2.29. The molecule has 0 atom stereocenters. The van der Waals surface area contributed by atoms with Crippen LogP contribution in [-0.2, 0) is 4.79 Å². The molecular weight excluding hydrogens is 371 g/mol. The molecule has 2 aromatic carbocycles. The Labute approximate surface area is 160 Å². The number of furan rings is 1. The molecule has 0 aliphatic carbocycles. The fourth-order valence-corrected chi connectivity index (χ4v) is 2.90. The molecular formula is C20H12Cl2N2O2. The second kappa shape index (κ2) is 6.83. The van der Waals surface area contributed by atoms with E-state index in [4.69, 9.17) is 27.6 Å². The van der Waals surface area contributed by atoms with Gasteiger partial charge in [-0.1, -0.05) is 23.2 Å². The van der Waals surface area contributed by atoms with Crippen molar-refractivity contribution in [2.75, 3.05) is 4.90 Å². The second-order valence-corrected chi connectivity index (χ2v) is 6.48. The maximum atomic E-state index is 13.0. The number of hydrogen-bond acceptors (Lipinski definition) is 3. The Balaban J connectivity index is 1.82. The molecule has 0 saturated heterocycles. The van der Waals surface area contributed by atoms with Gasteiger partial charge in [0, 0.05) is 21.7 Å². The van der Waals surface area contributed by atoms with Crippen molar-refractivity contribution in [3.05, 3.63) is 94.0 Å². The molecule has 1 amide bonds. The van der Waals surface area contributed by atoms with Crippen molar-refractivity contribution >= 4 is 46.7 Å². The summed E-state index contributed by atoms with van der Waals surface area (Å²) in [4.78, 5) is 19.1. The highest BCUT2D eigenvalue weighted by molar-refractivity contribution is 6.34. The van der Waals surface area contributed by atoms with Gasteiger partial charge in [0.25, 0.3) is 5.91 Å². The molecule has 128 valence electrons. The van der Waals surface area contributed by atoms with Crippen molar-refractivity contribution < 1.29 is 9.21 Å². The normalized spacial score (nSPS) is 15.6. The zero-order valence-electron chi connectivity index (χ0n) is 13.4. The van der Waals surface area contributed by atoms with E-state index in [1.54, 1.807) is 65.8 Å². The molecule has 0 saturated carbocycles. The van der Waals surface area contributed by atoms with Crippen LogP contribution in [-0.4, -0.2) is 11.7 Å². The molecule has 0 N–H and O–H groups in total. The monoisotopic (exact) mass is 382 g/mol. The zero-order chi connectivity index (χ0) is 18.1. The van der Waals surface area contributed by atoms with E-state index in [9.17, 15) is 4.79 Å². The Morgan fingerprint density at radius 2 is 1.58 bits per heavy atom. The molecule has 26 heavy (non-hydrogen) atoms. The van der Waals surface area contributed by atoms with Gasteiger partial charge in [0.1, 0.15) is 17.3 Å². The third-order valence-electron chi connectivity index (χ3n) is 3.87. The predicted octanol–water partition coefficient (Wildman–Crippen LogP) is 5.42. The largest absolute Gasteiger partial charge is 0.465 e. The van der Waals surface area contributed by atoms with E-state index in [0.29, 0.717) is 33.0 Å². The van der Waals surface area contributed by atoms with Crippen LogP contribution in [0.25, 0.3) is 6.08 Å². The van der Waals surface area contributed by atoms with Gasteiger partial charge < -0.3 is 4.42 Å². The lowest BCUT2D eigenvalue weighted by Gasteiger charge is -2.18. The SMILES string of the molecule is O=C1/C(=C\c2ccco2)N=C(c2ccc(Cl)cc2)N1c1ccc(Cl)cc1. The van der Waals surface area contributed by atoms with Gasteiger partial charge in [-0.05, 0) is 60.7 Å². The van der Waals surface area contributed by atoms with E-state index in [2.05, 4.69) is 4.99 Å². The number of aliphatic imine (C=N–C) groups is 1. The van der Waals surface area contributed by atoms with E-state index in [1.165, 1.54) is 0 Å². The zero-order valence-corrected chi connectivity index (χ0v) is 14.9. The van der Waals surface area contributed by atoms with Crippen LogP contribution in [0.5, 0.6) is 0 Å². The highest BCUT2D eigenvalue weighted by atomic mass is 35.5. The maximum absolute atomic E-state index is 13.0. The van der Waals surface area contributed by atoms with Crippen LogP contribution in [0.4, 0.5) is 5.69 Å². The van der Waals surface area contributed by atoms with E-state index in [-0.39, 0.29) is 5.91 Å². The number of benzene rings is 2. The summed E-state index contributed by atoms with van der Waals surface area (Å²) in [6, 6.07) is 17.7.